The second-order valence-electron chi connectivity index (χ2n) is 6.55. The molecule has 1 aliphatic carbocycles. The standard InChI is InChI=1S/C13H24.Y/c1-12(2,3)8-7-10-9-11(10)13(4,5)6;/h8-11H,7H2,1-6H3;/q-2;. The molecule has 2 unspecified atom stereocenters. The quantitative estimate of drug-likeness (QED) is 0.661. The van der Waals surface area contributed by atoms with Crippen LogP contribution in [0.3, 0.4) is 0 Å². The average molecular weight is 269 g/mol. The van der Waals surface area contributed by atoms with Gasteiger partial charge in [0, 0.05) is 32.7 Å². The minimum Gasteiger partial charge on any atom is -0.329 e. The number of hydrogen-bond donors (Lipinski definition) is 0. The van der Waals surface area contributed by atoms with Crippen LogP contribution in [0.5, 0.6) is 0 Å². The molecule has 1 radical (unpaired) electrons. The van der Waals surface area contributed by atoms with E-state index in [0.717, 1.165) is 11.8 Å². The van der Waals surface area contributed by atoms with Crippen LogP contribution < -0.4 is 0 Å². The Balaban J connectivity index is 0.00000169. The van der Waals surface area contributed by atoms with Gasteiger partial charge in [-0.2, -0.15) is 11.3 Å². The van der Waals surface area contributed by atoms with Crippen LogP contribution in [-0.4, -0.2) is 0 Å². The molecule has 0 N–H and O–H groups in total. The number of hydrogen-bond acceptors (Lipinski definition) is 0. The summed E-state index contributed by atoms with van der Waals surface area (Å²) >= 11 is 0. The van der Waals surface area contributed by atoms with Crippen LogP contribution in [0.4, 0.5) is 0 Å². The van der Waals surface area contributed by atoms with E-state index in [1.54, 1.807) is 0 Å². The van der Waals surface area contributed by atoms with E-state index < -0.39 is 0 Å². The molecule has 0 aromatic rings. The molecule has 14 heavy (non-hydrogen) atoms. The van der Waals surface area contributed by atoms with Crippen LogP contribution in [0.2, 0.25) is 0 Å². The molecule has 0 bridgehead atoms. The van der Waals surface area contributed by atoms with Crippen LogP contribution >= 0.6 is 0 Å². The van der Waals surface area contributed by atoms with Crippen molar-refractivity contribution in [2.75, 3.05) is 0 Å². The van der Waals surface area contributed by atoms with Crippen molar-refractivity contribution in [3.63, 3.8) is 0 Å². The molecule has 1 fully saturated rings. The summed E-state index contributed by atoms with van der Waals surface area (Å²) in [6, 6.07) is 0. The first kappa shape index (κ1) is 15.1. The molecule has 1 heteroatoms. The van der Waals surface area contributed by atoms with Gasteiger partial charge in [-0.05, 0) is 0 Å². The molecule has 0 spiro atoms. The van der Waals surface area contributed by atoms with Crippen molar-refractivity contribution in [1.29, 1.82) is 0 Å². The first-order valence-electron chi connectivity index (χ1n) is 5.39. The van der Waals surface area contributed by atoms with Crippen molar-refractivity contribution >= 4 is 0 Å². The third-order valence-corrected chi connectivity index (χ3v) is 2.78. The van der Waals surface area contributed by atoms with Gasteiger partial charge in [0.1, 0.15) is 0 Å². The van der Waals surface area contributed by atoms with E-state index in [1.807, 2.05) is 0 Å². The van der Waals surface area contributed by atoms with Crippen LogP contribution in [0, 0.1) is 35.5 Å². The predicted molar refractivity (Wildman–Crippen MR) is 59.1 cm³/mol. The largest absolute Gasteiger partial charge is 0.329 e. The van der Waals surface area contributed by atoms with E-state index in [4.69, 9.17) is 0 Å². The first-order valence-corrected chi connectivity index (χ1v) is 5.39. The Hall–Kier alpha value is 1.10. The molecule has 0 aromatic heterocycles. The van der Waals surface area contributed by atoms with Gasteiger partial charge in [0.15, 0.2) is 0 Å². The smallest absolute Gasteiger partial charge is 0 e. The van der Waals surface area contributed by atoms with Gasteiger partial charge >= 0.3 is 0 Å². The molecular formula is C13H24Y-2. The second-order valence-corrected chi connectivity index (χ2v) is 6.55. The predicted octanol–water partition coefficient (Wildman–Crippen LogP) is 4.12. The van der Waals surface area contributed by atoms with Crippen molar-refractivity contribution in [2.45, 2.75) is 48.0 Å². The molecule has 0 saturated heterocycles. The fourth-order valence-corrected chi connectivity index (χ4v) is 1.85. The Morgan fingerprint density at radius 2 is 1.57 bits per heavy atom. The minimum atomic E-state index is 0. The van der Waals surface area contributed by atoms with Gasteiger partial charge in [-0.3, -0.25) is 0 Å². The molecule has 0 heterocycles. The molecule has 1 aliphatic rings. The van der Waals surface area contributed by atoms with Crippen LogP contribution in [0.15, 0.2) is 0 Å². The average Bonchev–Trinajstić information content (AvgIpc) is 2.57. The zero-order valence-corrected chi connectivity index (χ0v) is 13.4. The normalized spacial score (nSPS) is 27.0. The third-order valence-electron chi connectivity index (χ3n) is 2.78. The van der Waals surface area contributed by atoms with Gasteiger partial charge in [0.05, 0.1) is 0 Å². The van der Waals surface area contributed by atoms with Gasteiger partial charge in [0.2, 0.25) is 0 Å². The van der Waals surface area contributed by atoms with Crippen molar-refractivity contribution in [1.82, 2.24) is 0 Å². The van der Waals surface area contributed by atoms with Gasteiger partial charge < -0.3 is 12.8 Å². The summed E-state index contributed by atoms with van der Waals surface area (Å²) in [6.07, 6.45) is 6.23. The summed E-state index contributed by atoms with van der Waals surface area (Å²) in [5.74, 6) is 1.71. The van der Waals surface area contributed by atoms with Crippen molar-refractivity contribution in [3.05, 3.63) is 12.8 Å². The molecule has 1 rings (SSSR count). The van der Waals surface area contributed by atoms with E-state index in [9.17, 15) is 0 Å². The molecule has 1 saturated carbocycles. The summed E-state index contributed by atoms with van der Waals surface area (Å²) in [7, 11) is 0. The Bertz CT molecular complexity index is 171. The Kier molecular flexibility index (Phi) is 5.35. The first-order chi connectivity index (χ1) is 5.70. The van der Waals surface area contributed by atoms with E-state index >= 15 is 0 Å². The molecule has 0 amide bonds. The van der Waals surface area contributed by atoms with Gasteiger partial charge in [0.25, 0.3) is 0 Å². The summed E-state index contributed by atoms with van der Waals surface area (Å²) < 4.78 is 0. The Morgan fingerprint density at radius 3 is 1.86 bits per heavy atom. The SMILES string of the molecule is CC(C)(C)[CH-]CC1[CH-]C1C(C)(C)C.[Y]. The van der Waals surface area contributed by atoms with Gasteiger partial charge in [-0.15, -0.1) is 0 Å². The van der Waals surface area contributed by atoms with Crippen molar-refractivity contribution in [2.24, 2.45) is 22.7 Å². The molecule has 0 aromatic carbocycles. The summed E-state index contributed by atoms with van der Waals surface area (Å²) in [4.78, 5) is 0. The zero-order valence-electron chi connectivity index (χ0n) is 10.6. The monoisotopic (exact) mass is 269 g/mol. The molecule has 0 aliphatic heterocycles. The fourth-order valence-electron chi connectivity index (χ4n) is 1.85. The molecule has 2 atom stereocenters. The van der Waals surface area contributed by atoms with Crippen LogP contribution in [0.1, 0.15) is 48.0 Å². The minimum absolute atomic E-state index is 0. The molecule has 81 valence electrons. The van der Waals surface area contributed by atoms with Crippen LogP contribution in [0.25, 0.3) is 0 Å². The number of rotatable bonds is 2. The maximum absolute atomic E-state index is 2.50. The van der Waals surface area contributed by atoms with Crippen molar-refractivity contribution in [3.8, 4) is 0 Å². The molecule has 0 nitrogen and oxygen atoms in total. The fraction of sp³-hybridized carbons (Fsp3) is 0.846. The topological polar surface area (TPSA) is 0 Å². The Morgan fingerprint density at radius 1 is 1.07 bits per heavy atom. The van der Waals surface area contributed by atoms with Gasteiger partial charge in [-0.1, -0.05) is 47.0 Å². The summed E-state index contributed by atoms with van der Waals surface area (Å²) in [5, 5.41) is 0. The maximum Gasteiger partial charge on any atom is 0 e. The zero-order chi connectivity index (χ0) is 10.3. The van der Waals surface area contributed by atoms with E-state index in [0.29, 0.717) is 10.8 Å². The van der Waals surface area contributed by atoms with Gasteiger partial charge in [-0.25, -0.2) is 12.3 Å². The summed E-state index contributed by atoms with van der Waals surface area (Å²) in [6.45, 7) is 13.9. The molecular weight excluding hydrogens is 245 g/mol. The van der Waals surface area contributed by atoms with E-state index in [2.05, 4.69) is 54.4 Å². The maximum atomic E-state index is 2.50. The second kappa shape index (κ2) is 4.96. The van der Waals surface area contributed by atoms with Crippen molar-refractivity contribution < 1.29 is 32.7 Å². The van der Waals surface area contributed by atoms with E-state index in [-0.39, 0.29) is 32.7 Å². The van der Waals surface area contributed by atoms with E-state index in [1.165, 1.54) is 6.42 Å². The third kappa shape index (κ3) is 5.26. The Labute approximate surface area is 115 Å². The van der Waals surface area contributed by atoms with Crippen LogP contribution in [-0.2, 0) is 32.7 Å². The summed E-state index contributed by atoms with van der Waals surface area (Å²) in [5.41, 5.74) is 0.870.